The van der Waals surface area contributed by atoms with E-state index in [1.807, 2.05) is 17.5 Å². The first-order valence-electron chi connectivity index (χ1n) is 4.04. The number of carbonyl (C=O) groups excluding carboxylic acids is 1. The maximum Gasteiger partial charge on any atom is 0.219 e. The summed E-state index contributed by atoms with van der Waals surface area (Å²) in [4.78, 5) is 13.6. The van der Waals surface area contributed by atoms with Gasteiger partial charge in [0.1, 0.15) is 0 Å². The molecule has 4 heteroatoms. The van der Waals surface area contributed by atoms with Gasteiger partial charge in [-0.05, 0) is 11.4 Å². The summed E-state index contributed by atoms with van der Waals surface area (Å²) in [5, 5.41) is 11.1. The highest BCUT2D eigenvalue weighted by molar-refractivity contribution is 7.10. The Bertz CT molecular complexity index is 271. The van der Waals surface area contributed by atoms with E-state index >= 15 is 0 Å². The van der Waals surface area contributed by atoms with Gasteiger partial charge in [0, 0.05) is 18.8 Å². The van der Waals surface area contributed by atoms with Gasteiger partial charge in [-0.25, -0.2) is 0 Å². The number of hydrogen-bond donors (Lipinski definition) is 1. The van der Waals surface area contributed by atoms with Crippen molar-refractivity contribution in [2.24, 2.45) is 0 Å². The van der Waals surface area contributed by atoms with Crippen LogP contribution >= 0.6 is 11.3 Å². The van der Waals surface area contributed by atoms with Gasteiger partial charge >= 0.3 is 0 Å². The lowest BCUT2D eigenvalue weighted by molar-refractivity contribution is -0.130. The Hall–Kier alpha value is -0.870. The number of aliphatic hydroxyl groups excluding tert-OH is 1. The quantitative estimate of drug-likeness (QED) is 0.796. The van der Waals surface area contributed by atoms with E-state index in [2.05, 4.69) is 0 Å². The van der Waals surface area contributed by atoms with E-state index in [-0.39, 0.29) is 18.6 Å². The topological polar surface area (TPSA) is 40.5 Å². The molecule has 1 atom stereocenters. The second-order valence-electron chi connectivity index (χ2n) is 2.84. The van der Waals surface area contributed by atoms with E-state index in [9.17, 15) is 4.79 Å². The Balaban J connectivity index is 2.79. The van der Waals surface area contributed by atoms with Crippen LogP contribution in [0.1, 0.15) is 17.8 Å². The van der Waals surface area contributed by atoms with Crippen molar-refractivity contribution in [2.45, 2.75) is 13.0 Å². The Morgan fingerprint density at radius 1 is 1.77 bits per heavy atom. The fourth-order valence-electron chi connectivity index (χ4n) is 1.10. The zero-order chi connectivity index (χ0) is 9.84. The second kappa shape index (κ2) is 4.39. The van der Waals surface area contributed by atoms with E-state index < -0.39 is 0 Å². The summed E-state index contributed by atoms with van der Waals surface area (Å²) >= 11 is 1.55. The van der Waals surface area contributed by atoms with Gasteiger partial charge in [-0.2, -0.15) is 0 Å². The molecule has 0 fully saturated rings. The third-order valence-electron chi connectivity index (χ3n) is 2.01. The highest BCUT2D eigenvalue weighted by atomic mass is 32.1. The maximum absolute atomic E-state index is 11.1. The summed E-state index contributed by atoms with van der Waals surface area (Å²) in [6.07, 6.45) is 0. The van der Waals surface area contributed by atoms with E-state index in [1.54, 1.807) is 23.3 Å². The summed E-state index contributed by atoms with van der Waals surface area (Å²) in [5.41, 5.74) is 0. The standard InChI is InChI=1S/C9H13NO2S/c1-7(12)10(2)8(6-11)9-4-3-5-13-9/h3-5,8,11H,6H2,1-2H3. The molecular formula is C9H13NO2S. The number of nitrogens with zero attached hydrogens (tertiary/aromatic N) is 1. The molecule has 0 aliphatic rings. The molecule has 1 rings (SSSR count). The lowest BCUT2D eigenvalue weighted by Crippen LogP contribution is -2.30. The van der Waals surface area contributed by atoms with Crippen LogP contribution in [0.5, 0.6) is 0 Å². The Morgan fingerprint density at radius 3 is 2.85 bits per heavy atom. The molecule has 1 aromatic heterocycles. The molecule has 0 saturated heterocycles. The minimum Gasteiger partial charge on any atom is -0.394 e. The van der Waals surface area contributed by atoms with Crippen LogP contribution in [0.25, 0.3) is 0 Å². The lowest BCUT2D eigenvalue weighted by atomic mass is 10.2. The number of hydrogen-bond acceptors (Lipinski definition) is 3. The fraction of sp³-hybridized carbons (Fsp3) is 0.444. The highest BCUT2D eigenvalue weighted by Gasteiger charge is 2.18. The first-order valence-corrected chi connectivity index (χ1v) is 4.92. The normalized spacial score (nSPS) is 12.5. The fourth-order valence-corrected chi connectivity index (χ4v) is 1.96. The molecule has 0 saturated carbocycles. The van der Waals surface area contributed by atoms with Crippen molar-refractivity contribution in [1.82, 2.24) is 4.90 Å². The smallest absolute Gasteiger partial charge is 0.219 e. The molecule has 0 radical (unpaired) electrons. The molecule has 0 bridgehead atoms. The van der Waals surface area contributed by atoms with Gasteiger partial charge in [-0.15, -0.1) is 11.3 Å². The molecule has 0 aliphatic heterocycles. The minimum absolute atomic E-state index is 0.0312. The summed E-state index contributed by atoms with van der Waals surface area (Å²) < 4.78 is 0. The molecule has 72 valence electrons. The van der Waals surface area contributed by atoms with Crippen molar-refractivity contribution in [3.63, 3.8) is 0 Å². The third kappa shape index (κ3) is 2.29. The maximum atomic E-state index is 11.1. The van der Waals surface area contributed by atoms with Crippen LogP contribution < -0.4 is 0 Å². The van der Waals surface area contributed by atoms with Crippen LogP contribution in [-0.4, -0.2) is 29.6 Å². The zero-order valence-corrected chi connectivity index (χ0v) is 8.54. The van der Waals surface area contributed by atoms with Crippen molar-refractivity contribution < 1.29 is 9.90 Å². The summed E-state index contributed by atoms with van der Waals surface area (Å²) in [5.74, 6) is -0.0348. The molecule has 1 heterocycles. The van der Waals surface area contributed by atoms with Gasteiger partial charge in [-0.1, -0.05) is 6.07 Å². The van der Waals surface area contributed by atoms with Crippen molar-refractivity contribution in [3.05, 3.63) is 22.4 Å². The van der Waals surface area contributed by atoms with Gasteiger partial charge in [0.05, 0.1) is 12.6 Å². The number of rotatable bonds is 3. The third-order valence-corrected chi connectivity index (χ3v) is 2.98. The van der Waals surface area contributed by atoms with Crippen molar-refractivity contribution in [3.8, 4) is 0 Å². The predicted molar refractivity (Wildman–Crippen MR) is 52.6 cm³/mol. The molecule has 1 amide bonds. The molecule has 0 spiro atoms. The number of amides is 1. The second-order valence-corrected chi connectivity index (χ2v) is 3.82. The first-order chi connectivity index (χ1) is 6.16. The van der Waals surface area contributed by atoms with E-state index in [0.29, 0.717) is 0 Å². The Labute approximate surface area is 81.6 Å². The van der Waals surface area contributed by atoms with Gasteiger partial charge in [0.15, 0.2) is 0 Å². The molecular weight excluding hydrogens is 186 g/mol. The van der Waals surface area contributed by atoms with E-state index in [1.165, 1.54) is 6.92 Å². The predicted octanol–water partition coefficient (Wildman–Crippen LogP) is 1.26. The number of carbonyl (C=O) groups is 1. The van der Waals surface area contributed by atoms with Crippen LogP contribution in [0.3, 0.4) is 0 Å². The number of aliphatic hydroxyl groups is 1. The van der Waals surface area contributed by atoms with Crippen LogP contribution in [-0.2, 0) is 4.79 Å². The molecule has 1 N–H and O–H groups in total. The molecule has 3 nitrogen and oxygen atoms in total. The molecule has 0 aliphatic carbocycles. The lowest BCUT2D eigenvalue weighted by Gasteiger charge is -2.24. The minimum atomic E-state index is -0.197. The summed E-state index contributed by atoms with van der Waals surface area (Å²) in [6.45, 7) is 1.47. The van der Waals surface area contributed by atoms with Crippen LogP contribution in [0, 0.1) is 0 Å². The van der Waals surface area contributed by atoms with Gasteiger partial charge in [0.25, 0.3) is 0 Å². The van der Waals surface area contributed by atoms with Crippen LogP contribution in [0.15, 0.2) is 17.5 Å². The number of thiophene rings is 1. The highest BCUT2D eigenvalue weighted by Crippen LogP contribution is 2.23. The first kappa shape index (κ1) is 10.2. The monoisotopic (exact) mass is 199 g/mol. The van der Waals surface area contributed by atoms with E-state index in [4.69, 9.17) is 5.11 Å². The number of likely N-dealkylation sites (N-methyl/N-ethyl adjacent to an activating group) is 1. The van der Waals surface area contributed by atoms with Gasteiger partial charge in [0.2, 0.25) is 5.91 Å². The molecule has 13 heavy (non-hydrogen) atoms. The van der Waals surface area contributed by atoms with Crippen molar-refractivity contribution >= 4 is 17.2 Å². The zero-order valence-electron chi connectivity index (χ0n) is 7.73. The molecule has 1 aromatic rings. The Morgan fingerprint density at radius 2 is 2.46 bits per heavy atom. The molecule has 0 aromatic carbocycles. The summed E-state index contributed by atoms with van der Waals surface area (Å²) in [6, 6.07) is 3.64. The summed E-state index contributed by atoms with van der Waals surface area (Å²) in [7, 11) is 1.70. The SMILES string of the molecule is CC(=O)N(C)C(CO)c1cccs1. The van der Waals surface area contributed by atoms with Crippen LogP contribution in [0.2, 0.25) is 0 Å². The molecule has 1 unspecified atom stereocenters. The average molecular weight is 199 g/mol. The van der Waals surface area contributed by atoms with Crippen molar-refractivity contribution in [1.29, 1.82) is 0 Å². The van der Waals surface area contributed by atoms with Gasteiger partial charge < -0.3 is 10.0 Å². The van der Waals surface area contributed by atoms with Gasteiger partial charge in [-0.3, -0.25) is 4.79 Å². The average Bonchev–Trinajstić information content (AvgIpc) is 2.58. The van der Waals surface area contributed by atoms with Crippen molar-refractivity contribution in [2.75, 3.05) is 13.7 Å². The largest absolute Gasteiger partial charge is 0.394 e. The Kier molecular flexibility index (Phi) is 3.45. The van der Waals surface area contributed by atoms with Crippen LogP contribution in [0.4, 0.5) is 0 Å². The van der Waals surface area contributed by atoms with E-state index in [0.717, 1.165) is 4.88 Å².